The van der Waals surface area contributed by atoms with Crippen molar-refractivity contribution in [3.05, 3.63) is 34.3 Å². The lowest BCUT2D eigenvalue weighted by molar-refractivity contribution is -0.0461. The standard InChI is InChI=1S/C14H22BrNO/c1-4-14(3,17-5-2)13(16)10-11-8-6-7-9-12(11)15/h6-9,13H,4-5,10,16H2,1-3H3. The molecule has 0 aliphatic heterocycles. The lowest BCUT2D eigenvalue weighted by Gasteiger charge is -2.34. The van der Waals surface area contributed by atoms with Crippen molar-refractivity contribution in [2.24, 2.45) is 5.73 Å². The summed E-state index contributed by atoms with van der Waals surface area (Å²) in [6, 6.07) is 8.21. The van der Waals surface area contributed by atoms with Gasteiger partial charge in [-0.2, -0.15) is 0 Å². The van der Waals surface area contributed by atoms with E-state index in [4.69, 9.17) is 10.5 Å². The van der Waals surface area contributed by atoms with Gasteiger partial charge < -0.3 is 10.5 Å². The summed E-state index contributed by atoms with van der Waals surface area (Å²) in [6.45, 7) is 6.93. The number of rotatable bonds is 6. The third-order valence-electron chi connectivity index (χ3n) is 3.36. The molecule has 0 saturated carbocycles. The largest absolute Gasteiger partial charge is 0.374 e. The van der Waals surface area contributed by atoms with E-state index in [0.717, 1.165) is 17.3 Å². The van der Waals surface area contributed by atoms with E-state index in [0.29, 0.717) is 6.61 Å². The second-order valence-corrected chi connectivity index (χ2v) is 5.36. The monoisotopic (exact) mass is 299 g/mol. The molecule has 17 heavy (non-hydrogen) atoms. The summed E-state index contributed by atoms with van der Waals surface area (Å²) in [4.78, 5) is 0. The average molecular weight is 300 g/mol. The van der Waals surface area contributed by atoms with Crippen LogP contribution in [0.4, 0.5) is 0 Å². The van der Waals surface area contributed by atoms with E-state index in [2.05, 4.69) is 35.8 Å². The van der Waals surface area contributed by atoms with Crippen LogP contribution in [0, 0.1) is 0 Å². The number of hydrogen-bond acceptors (Lipinski definition) is 2. The molecule has 2 N–H and O–H groups in total. The summed E-state index contributed by atoms with van der Waals surface area (Å²) >= 11 is 3.56. The zero-order valence-corrected chi connectivity index (χ0v) is 12.5. The molecule has 96 valence electrons. The maximum atomic E-state index is 6.30. The van der Waals surface area contributed by atoms with Gasteiger partial charge in [0, 0.05) is 17.1 Å². The first-order chi connectivity index (χ1) is 8.03. The van der Waals surface area contributed by atoms with Crippen LogP contribution in [0.1, 0.15) is 32.8 Å². The second kappa shape index (κ2) is 6.53. The van der Waals surface area contributed by atoms with Crippen LogP contribution in [0.3, 0.4) is 0 Å². The number of hydrogen-bond donors (Lipinski definition) is 1. The Hall–Kier alpha value is -0.380. The van der Waals surface area contributed by atoms with Crippen LogP contribution in [-0.4, -0.2) is 18.2 Å². The third kappa shape index (κ3) is 3.80. The van der Waals surface area contributed by atoms with E-state index in [1.807, 2.05) is 25.1 Å². The Labute approximate surface area is 113 Å². The summed E-state index contributed by atoms with van der Waals surface area (Å²) in [6.07, 6.45) is 1.75. The minimum Gasteiger partial charge on any atom is -0.374 e. The van der Waals surface area contributed by atoms with Gasteiger partial charge in [0.05, 0.1) is 5.60 Å². The Morgan fingerprint density at radius 3 is 2.53 bits per heavy atom. The second-order valence-electron chi connectivity index (χ2n) is 4.50. The lowest BCUT2D eigenvalue weighted by Crippen LogP contribution is -2.48. The molecule has 1 rings (SSSR count). The van der Waals surface area contributed by atoms with Crippen molar-refractivity contribution in [1.82, 2.24) is 0 Å². The van der Waals surface area contributed by atoms with Crippen molar-refractivity contribution in [3.63, 3.8) is 0 Å². The van der Waals surface area contributed by atoms with Gasteiger partial charge in [0.25, 0.3) is 0 Å². The number of ether oxygens (including phenoxy) is 1. The van der Waals surface area contributed by atoms with Crippen LogP contribution in [-0.2, 0) is 11.2 Å². The van der Waals surface area contributed by atoms with Crippen LogP contribution in [0.2, 0.25) is 0 Å². The molecule has 1 aromatic rings. The van der Waals surface area contributed by atoms with Crippen molar-refractivity contribution in [1.29, 1.82) is 0 Å². The number of benzene rings is 1. The highest BCUT2D eigenvalue weighted by Crippen LogP contribution is 2.24. The molecule has 0 aromatic heterocycles. The summed E-state index contributed by atoms with van der Waals surface area (Å²) < 4.78 is 6.93. The molecule has 0 saturated heterocycles. The van der Waals surface area contributed by atoms with Crippen LogP contribution in [0.15, 0.2) is 28.7 Å². The fourth-order valence-corrected chi connectivity index (χ4v) is 2.36. The predicted molar refractivity (Wildman–Crippen MR) is 76.1 cm³/mol. The molecule has 3 heteroatoms. The van der Waals surface area contributed by atoms with E-state index in [1.165, 1.54) is 5.56 Å². The fraction of sp³-hybridized carbons (Fsp3) is 0.571. The highest BCUT2D eigenvalue weighted by molar-refractivity contribution is 9.10. The molecular weight excluding hydrogens is 278 g/mol. The van der Waals surface area contributed by atoms with Gasteiger partial charge in [-0.25, -0.2) is 0 Å². The summed E-state index contributed by atoms with van der Waals surface area (Å²) in [7, 11) is 0. The van der Waals surface area contributed by atoms with Crippen molar-refractivity contribution >= 4 is 15.9 Å². The quantitative estimate of drug-likeness (QED) is 0.872. The lowest BCUT2D eigenvalue weighted by atomic mass is 9.89. The fourth-order valence-electron chi connectivity index (χ4n) is 1.92. The van der Waals surface area contributed by atoms with Gasteiger partial charge in [0.2, 0.25) is 0 Å². The summed E-state index contributed by atoms with van der Waals surface area (Å²) in [5.74, 6) is 0. The van der Waals surface area contributed by atoms with Gasteiger partial charge in [-0.1, -0.05) is 41.1 Å². The number of halogens is 1. The van der Waals surface area contributed by atoms with Gasteiger partial charge in [-0.3, -0.25) is 0 Å². The maximum absolute atomic E-state index is 6.30. The molecular formula is C14H22BrNO. The maximum Gasteiger partial charge on any atom is 0.0805 e. The molecule has 0 spiro atoms. The van der Waals surface area contributed by atoms with Crippen molar-refractivity contribution in [2.45, 2.75) is 45.3 Å². The minimum absolute atomic E-state index is 0.00569. The molecule has 0 fully saturated rings. The van der Waals surface area contributed by atoms with Gasteiger partial charge in [-0.05, 0) is 38.3 Å². The zero-order valence-electron chi connectivity index (χ0n) is 10.9. The molecule has 0 bridgehead atoms. The Kier molecular flexibility index (Phi) is 5.63. The molecule has 1 aromatic carbocycles. The van der Waals surface area contributed by atoms with Gasteiger partial charge in [0.1, 0.15) is 0 Å². The SMILES string of the molecule is CCOC(C)(CC)C(N)Cc1ccccc1Br. The first kappa shape index (κ1) is 14.7. The summed E-state index contributed by atoms with van der Waals surface area (Å²) in [5.41, 5.74) is 7.29. The average Bonchev–Trinajstić information content (AvgIpc) is 2.32. The summed E-state index contributed by atoms with van der Waals surface area (Å²) in [5, 5.41) is 0. The smallest absolute Gasteiger partial charge is 0.0805 e. The van der Waals surface area contributed by atoms with Crippen LogP contribution in [0.25, 0.3) is 0 Å². The molecule has 0 heterocycles. The Balaban J connectivity index is 2.77. The number of nitrogens with two attached hydrogens (primary N) is 1. The minimum atomic E-state index is -0.246. The van der Waals surface area contributed by atoms with Crippen molar-refractivity contribution < 1.29 is 4.74 Å². The van der Waals surface area contributed by atoms with E-state index < -0.39 is 0 Å². The van der Waals surface area contributed by atoms with Crippen molar-refractivity contribution in [3.8, 4) is 0 Å². The predicted octanol–water partition coefficient (Wildman–Crippen LogP) is 3.52. The van der Waals surface area contributed by atoms with E-state index >= 15 is 0 Å². The molecule has 2 unspecified atom stereocenters. The highest BCUT2D eigenvalue weighted by atomic mass is 79.9. The molecule has 0 aliphatic rings. The van der Waals surface area contributed by atoms with E-state index in [-0.39, 0.29) is 11.6 Å². The zero-order chi connectivity index (χ0) is 12.9. The van der Waals surface area contributed by atoms with E-state index in [9.17, 15) is 0 Å². The Bertz CT molecular complexity index is 356. The van der Waals surface area contributed by atoms with Gasteiger partial charge >= 0.3 is 0 Å². The molecule has 0 radical (unpaired) electrons. The molecule has 2 atom stereocenters. The Morgan fingerprint density at radius 1 is 1.35 bits per heavy atom. The highest BCUT2D eigenvalue weighted by Gasteiger charge is 2.30. The molecule has 0 aliphatic carbocycles. The molecule has 0 amide bonds. The van der Waals surface area contributed by atoms with Crippen LogP contribution in [0.5, 0.6) is 0 Å². The first-order valence-electron chi connectivity index (χ1n) is 6.16. The van der Waals surface area contributed by atoms with Crippen LogP contribution < -0.4 is 5.73 Å². The third-order valence-corrected chi connectivity index (χ3v) is 4.13. The molecule has 2 nitrogen and oxygen atoms in total. The van der Waals surface area contributed by atoms with Crippen LogP contribution >= 0.6 is 15.9 Å². The normalized spacial score (nSPS) is 16.5. The first-order valence-corrected chi connectivity index (χ1v) is 6.95. The van der Waals surface area contributed by atoms with Crippen molar-refractivity contribution in [2.75, 3.05) is 6.61 Å². The Morgan fingerprint density at radius 2 is 2.00 bits per heavy atom. The van der Waals surface area contributed by atoms with Gasteiger partial charge in [0.15, 0.2) is 0 Å². The van der Waals surface area contributed by atoms with Gasteiger partial charge in [-0.15, -0.1) is 0 Å². The topological polar surface area (TPSA) is 35.2 Å². The van der Waals surface area contributed by atoms with E-state index in [1.54, 1.807) is 0 Å².